The van der Waals surface area contributed by atoms with Gasteiger partial charge in [-0.1, -0.05) is 51.4 Å². The monoisotopic (exact) mass is 284 g/mol. The van der Waals surface area contributed by atoms with Crippen LogP contribution < -0.4 is 0 Å². The summed E-state index contributed by atoms with van der Waals surface area (Å²) in [4.78, 5) is 0. The maximum Gasteiger partial charge on any atom is 0.192 e. The first-order valence-corrected chi connectivity index (χ1v) is 9.89. The van der Waals surface area contributed by atoms with Crippen LogP contribution in [0.3, 0.4) is 0 Å². The molecular formula is C15H25ClOSi. The molecule has 0 aliphatic carbocycles. The molecule has 1 rings (SSSR count). The smallest absolute Gasteiger partial charge is 0.192 e. The molecule has 0 spiro atoms. The van der Waals surface area contributed by atoms with Gasteiger partial charge in [0.05, 0.1) is 6.10 Å². The Labute approximate surface area is 118 Å². The van der Waals surface area contributed by atoms with Crippen molar-refractivity contribution in [1.29, 1.82) is 0 Å². The highest BCUT2D eigenvalue weighted by molar-refractivity contribution is 6.74. The molecule has 0 saturated heterocycles. The molecule has 0 aliphatic heterocycles. The summed E-state index contributed by atoms with van der Waals surface area (Å²) < 4.78 is 6.47. The Morgan fingerprint density at radius 2 is 1.89 bits per heavy atom. The molecule has 0 N–H and O–H groups in total. The maximum atomic E-state index is 6.47. The summed E-state index contributed by atoms with van der Waals surface area (Å²) in [5, 5.41) is 1.02. The van der Waals surface area contributed by atoms with Crippen LogP contribution in [0.15, 0.2) is 24.3 Å². The van der Waals surface area contributed by atoms with Crippen LogP contribution >= 0.6 is 11.6 Å². The first-order valence-electron chi connectivity index (χ1n) is 6.60. The number of benzene rings is 1. The Morgan fingerprint density at radius 3 is 2.33 bits per heavy atom. The predicted molar refractivity (Wildman–Crippen MR) is 82.8 cm³/mol. The zero-order chi connectivity index (χ0) is 14.0. The summed E-state index contributed by atoms with van der Waals surface area (Å²) in [6.45, 7) is 13.6. The van der Waals surface area contributed by atoms with Gasteiger partial charge in [-0.15, -0.1) is 0 Å². The van der Waals surface area contributed by atoms with Gasteiger partial charge in [-0.25, -0.2) is 0 Å². The number of halogens is 1. The lowest BCUT2D eigenvalue weighted by Crippen LogP contribution is -2.41. The van der Waals surface area contributed by atoms with Crippen molar-refractivity contribution in [2.45, 2.75) is 58.4 Å². The van der Waals surface area contributed by atoms with E-state index in [2.05, 4.69) is 46.9 Å². The summed E-state index contributed by atoms with van der Waals surface area (Å²) in [5.74, 6) is 0. The molecule has 0 amide bonds. The van der Waals surface area contributed by atoms with E-state index in [0.717, 1.165) is 11.4 Å². The van der Waals surface area contributed by atoms with Gasteiger partial charge in [0.25, 0.3) is 0 Å². The molecule has 0 aliphatic rings. The van der Waals surface area contributed by atoms with E-state index >= 15 is 0 Å². The highest BCUT2D eigenvalue weighted by Gasteiger charge is 2.39. The second kappa shape index (κ2) is 5.77. The number of hydrogen-bond donors (Lipinski definition) is 0. The number of hydrogen-bond acceptors (Lipinski definition) is 1. The first-order chi connectivity index (χ1) is 8.17. The minimum atomic E-state index is -1.73. The minimum absolute atomic E-state index is 0.157. The van der Waals surface area contributed by atoms with Gasteiger partial charge in [-0.2, -0.15) is 0 Å². The van der Waals surface area contributed by atoms with E-state index in [-0.39, 0.29) is 11.1 Å². The third-order valence-corrected chi connectivity index (χ3v) is 8.56. The van der Waals surface area contributed by atoms with Gasteiger partial charge in [0, 0.05) is 5.02 Å². The Balaban J connectivity index is 2.93. The van der Waals surface area contributed by atoms with Gasteiger partial charge in [0.1, 0.15) is 0 Å². The largest absolute Gasteiger partial charge is 0.410 e. The van der Waals surface area contributed by atoms with Gasteiger partial charge in [0.2, 0.25) is 0 Å². The minimum Gasteiger partial charge on any atom is -0.410 e. The van der Waals surface area contributed by atoms with Crippen LogP contribution in [-0.2, 0) is 4.43 Å². The van der Waals surface area contributed by atoms with Crippen LogP contribution in [-0.4, -0.2) is 8.32 Å². The van der Waals surface area contributed by atoms with Crippen molar-refractivity contribution in [2.75, 3.05) is 0 Å². The van der Waals surface area contributed by atoms with Crippen molar-refractivity contribution in [2.24, 2.45) is 0 Å². The fraction of sp³-hybridized carbons (Fsp3) is 0.600. The third kappa shape index (κ3) is 3.84. The molecule has 0 saturated carbocycles. The van der Waals surface area contributed by atoms with Crippen LogP contribution in [0.5, 0.6) is 0 Å². The average molecular weight is 285 g/mol. The lowest BCUT2D eigenvalue weighted by atomic mass is 10.1. The highest BCUT2D eigenvalue weighted by Crippen LogP contribution is 2.40. The van der Waals surface area contributed by atoms with Crippen molar-refractivity contribution in [3.05, 3.63) is 34.9 Å². The van der Waals surface area contributed by atoms with Crippen molar-refractivity contribution >= 4 is 19.9 Å². The lowest BCUT2D eigenvalue weighted by Gasteiger charge is -2.39. The molecule has 18 heavy (non-hydrogen) atoms. The van der Waals surface area contributed by atoms with Crippen molar-refractivity contribution < 1.29 is 4.43 Å². The SMILES string of the molecule is CCC(O[Si](C)(C)C(C)(C)C)c1cccc(Cl)c1. The fourth-order valence-corrected chi connectivity index (χ4v) is 3.19. The Kier molecular flexibility index (Phi) is 5.04. The van der Waals surface area contributed by atoms with Crippen molar-refractivity contribution in [1.82, 2.24) is 0 Å². The molecule has 0 fully saturated rings. The second-order valence-electron chi connectivity index (χ2n) is 6.33. The quantitative estimate of drug-likeness (QED) is 0.634. The van der Waals surface area contributed by atoms with Crippen LogP contribution in [0.2, 0.25) is 23.2 Å². The summed E-state index contributed by atoms with van der Waals surface area (Å²) in [6, 6.07) is 8.02. The van der Waals surface area contributed by atoms with Gasteiger partial charge < -0.3 is 4.43 Å². The molecule has 1 aromatic carbocycles. The van der Waals surface area contributed by atoms with Crippen molar-refractivity contribution in [3.8, 4) is 0 Å². The average Bonchev–Trinajstić information content (AvgIpc) is 2.24. The van der Waals surface area contributed by atoms with Gasteiger partial charge >= 0.3 is 0 Å². The lowest BCUT2D eigenvalue weighted by molar-refractivity contribution is 0.179. The molecular weight excluding hydrogens is 260 g/mol. The third-order valence-electron chi connectivity index (χ3n) is 3.83. The van der Waals surface area contributed by atoms with Gasteiger partial charge in [-0.3, -0.25) is 0 Å². The standard InChI is InChI=1S/C15H25ClOSi/c1-7-14(12-9-8-10-13(16)11-12)17-18(5,6)15(2,3)4/h8-11,14H,7H2,1-6H3. The van der Waals surface area contributed by atoms with Crippen LogP contribution in [0.1, 0.15) is 45.8 Å². The molecule has 0 radical (unpaired) electrons. The van der Waals surface area contributed by atoms with E-state index in [1.165, 1.54) is 5.56 Å². The van der Waals surface area contributed by atoms with E-state index in [9.17, 15) is 0 Å². The first kappa shape index (κ1) is 15.7. The normalized spacial score (nSPS) is 14.6. The van der Waals surface area contributed by atoms with E-state index < -0.39 is 8.32 Å². The van der Waals surface area contributed by atoms with Crippen LogP contribution in [0, 0.1) is 0 Å². The summed E-state index contributed by atoms with van der Waals surface area (Å²) in [7, 11) is -1.73. The highest BCUT2D eigenvalue weighted by atomic mass is 35.5. The van der Waals surface area contributed by atoms with Crippen LogP contribution in [0.25, 0.3) is 0 Å². The second-order valence-corrected chi connectivity index (χ2v) is 11.5. The zero-order valence-electron chi connectivity index (χ0n) is 12.4. The molecule has 0 heterocycles. The van der Waals surface area contributed by atoms with E-state index in [4.69, 9.17) is 16.0 Å². The molecule has 0 aromatic heterocycles. The molecule has 1 unspecified atom stereocenters. The molecule has 3 heteroatoms. The molecule has 1 aromatic rings. The topological polar surface area (TPSA) is 9.23 Å². The molecule has 0 bridgehead atoms. The Bertz CT molecular complexity index is 396. The maximum absolute atomic E-state index is 6.47. The van der Waals surface area contributed by atoms with E-state index in [1.807, 2.05) is 18.2 Å². The van der Waals surface area contributed by atoms with E-state index in [1.54, 1.807) is 0 Å². The summed E-state index contributed by atoms with van der Waals surface area (Å²) >= 11 is 6.06. The summed E-state index contributed by atoms with van der Waals surface area (Å²) in [6.07, 6.45) is 1.14. The van der Waals surface area contributed by atoms with Gasteiger partial charge in [-0.05, 0) is 42.2 Å². The van der Waals surface area contributed by atoms with Crippen LogP contribution in [0.4, 0.5) is 0 Å². The molecule has 1 nitrogen and oxygen atoms in total. The predicted octanol–water partition coefficient (Wildman–Crippen LogP) is 5.81. The van der Waals surface area contributed by atoms with Gasteiger partial charge in [0.15, 0.2) is 8.32 Å². The van der Waals surface area contributed by atoms with E-state index in [0.29, 0.717) is 0 Å². The van der Waals surface area contributed by atoms with Crippen molar-refractivity contribution in [3.63, 3.8) is 0 Å². The molecule has 1 atom stereocenters. The number of rotatable bonds is 4. The fourth-order valence-electron chi connectivity index (χ4n) is 1.63. The Hall–Kier alpha value is -0.313. The molecule has 102 valence electrons. The summed E-state index contributed by atoms with van der Waals surface area (Å²) in [5.41, 5.74) is 1.19. The Morgan fingerprint density at radius 1 is 1.28 bits per heavy atom. The zero-order valence-corrected chi connectivity index (χ0v) is 14.1.